The molecule has 2 N–H and O–H groups in total. The van der Waals surface area contributed by atoms with Gasteiger partial charge in [-0.1, -0.05) is 23.7 Å². The first-order chi connectivity index (χ1) is 6.47. The predicted molar refractivity (Wildman–Crippen MR) is 49.3 cm³/mol. The first kappa shape index (κ1) is 11.3. The lowest BCUT2D eigenvalue weighted by molar-refractivity contribution is -0.0651. The fourth-order valence-corrected chi connectivity index (χ4v) is 1.21. The van der Waals surface area contributed by atoms with Crippen LogP contribution in [0, 0.1) is 0 Å². The van der Waals surface area contributed by atoms with Crippen molar-refractivity contribution in [1.29, 1.82) is 0 Å². The third-order valence-electron chi connectivity index (χ3n) is 1.78. The van der Waals surface area contributed by atoms with Gasteiger partial charge in [0.25, 0.3) is 5.92 Å². The first-order valence-corrected chi connectivity index (χ1v) is 4.32. The van der Waals surface area contributed by atoms with E-state index in [1.807, 2.05) is 0 Å². The van der Waals surface area contributed by atoms with Gasteiger partial charge in [0, 0.05) is 5.02 Å². The molecule has 0 heterocycles. The molecule has 14 heavy (non-hydrogen) atoms. The third-order valence-corrected chi connectivity index (χ3v) is 2.02. The average molecular weight is 224 g/mol. The highest BCUT2D eigenvalue weighted by Crippen LogP contribution is 2.34. The van der Waals surface area contributed by atoms with Crippen molar-refractivity contribution in [1.82, 2.24) is 0 Å². The van der Waals surface area contributed by atoms with Gasteiger partial charge in [0.1, 0.15) is 0 Å². The molecule has 0 aliphatic rings. The van der Waals surface area contributed by atoms with Gasteiger partial charge in [-0.15, -0.1) is 0 Å². The zero-order valence-corrected chi connectivity index (χ0v) is 7.94. The van der Waals surface area contributed by atoms with Crippen molar-refractivity contribution >= 4 is 11.6 Å². The number of nitrogens with two attached hydrogens (primary N) is 1. The minimum absolute atomic E-state index is 0.159. The molecule has 0 spiro atoms. The Morgan fingerprint density at radius 3 is 2.57 bits per heavy atom. The van der Waals surface area contributed by atoms with Crippen molar-refractivity contribution in [3.05, 3.63) is 34.9 Å². The van der Waals surface area contributed by atoms with E-state index in [9.17, 15) is 13.2 Å². The lowest BCUT2D eigenvalue weighted by Gasteiger charge is -2.18. The van der Waals surface area contributed by atoms with Crippen LogP contribution in [0.15, 0.2) is 24.3 Å². The summed E-state index contributed by atoms with van der Waals surface area (Å²) in [7, 11) is 0. The van der Waals surface area contributed by atoms with Gasteiger partial charge in [0.15, 0.2) is 6.17 Å². The van der Waals surface area contributed by atoms with Gasteiger partial charge >= 0.3 is 0 Å². The second-order valence-corrected chi connectivity index (χ2v) is 3.32. The summed E-state index contributed by atoms with van der Waals surface area (Å²) in [4.78, 5) is 0. The lowest BCUT2D eigenvalue weighted by atomic mass is 10.1. The molecule has 1 atom stereocenters. The Labute approximate surface area is 84.7 Å². The Hall–Kier alpha value is -0.740. The van der Waals surface area contributed by atoms with Crippen molar-refractivity contribution in [2.45, 2.75) is 12.1 Å². The van der Waals surface area contributed by atoms with Gasteiger partial charge in [0.05, 0.1) is 6.54 Å². The molecule has 0 saturated carbocycles. The summed E-state index contributed by atoms with van der Waals surface area (Å²) < 4.78 is 38.8. The van der Waals surface area contributed by atoms with Gasteiger partial charge in [-0.2, -0.15) is 0 Å². The van der Waals surface area contributed by atoms with Crippen LogP contribution in [0.4, 0.5) is 13.2 Å². The van der Waals surface area contributed by atoms with Gasteiger partial charge in [-0.3, -0.25) is 0 Å². The molecule has 0 saturated heterocycles. The summed E-state index contributed by atoms with van der Waals surface area (Å²) >= 11 is 5.54. The Morgan fingerprint density at radius 1 is 1.43 bits per heavy atom. The quantitative estimate of drug-likeness (QED) is 0.838. The van der Waals surface area contributed by atoms with Crippen LogP contribution in [0.2, 0.25) is 5.02 Å². The van der Waals surface area contributed by atoms with Crippen molar-refractivity contribution in [3.8, 4) is 0 Å². The van der Waals surface area contributed by atoms with Gasteiger partial charge < -0.3 is 5.73 Å². The van der Waals surface area contributed by atoms with Gasteiger partial charge in [0.2, 0.25) is 0 Å². The molecule has 1 nitrogen and oxygen atoms in total. The first-order valence-electron chi connectivity index (χ1n) is 3.95. The molecular weight excluding hydrogens is 215 g/mol. The van der Waals surface area contributed by atoms with E-state index in [2.05, 4.69) is 0 Å². The smallest absolute Gasteiger partial charge is 0.294 e. The predicted octanol–water partition coefficient (Wildman–Crippen LogP) is 2.94. The zero-order chi connectivity index (χ0) is 10.8. The molecule has 0 aliphatic carbocycles. The van der Waals surface area contributed by atoms with Gasteiger partial charge in [-0.05, 0) is 17.7 Å². The van der Waals surface area contributed by atoms with Crippen molar-refractivity contribution in [2.24, 2.45) is 5.73 Å². The van der Waals surface area contributed by atoms with E-state index in [4.69, 9.17) is 17.3 Å². The molecule has 78 valence electrons. The van der Waals surface area contributed by atoms with Crippen LogP contribution in [-0.2, 0) is 0 Å². The number of hydrogen-bond acceptors (Lipinski definition) is 1. The summed E-state index contributed by atoms with van der Waals surface area (Å²) in [5.74, 6) is -3.55. The summed E-state index contributed by atoms with van der Waals surface area (Å²) in [6.45, 7) is -1.03. The summed E-state index contributed by atoms with van der Waals surface area (Å²) in [5.41, 5.74) is 4.60. The summed E-state index contributed by atoms with van der Waals surface area (Å²) in [6.07, 6.45) is -2.41. The van der Waals surface area contributed by atoms with Crippen LogP contribution in [0.25, 0.3) is 0 Å². The molecule has 0 aromatic heterocycles. The minimum Gasteiger partial charge on any atom is -0.325 e. The molecule has 0 bridgehead atoms. The van der Waals surface area contributed by atoms with Crippen LogP contribution in [0.1, 0.15) is 11.7 Å². The Kier molecular flexibility index (Phi) is 3.39. The Bertz CT molecular complexity index is 317. The highest BCUT2D eigenvalue weighted by atomic mass is 35.5. The Balaban J connectivity index is 2.94. The van der Waals surface area contributed by atoms with Crippen molar-refractivity contribution in [3.63, 3.8) is 0 Å². The van der Waals surface area contributed by atoms with E-state index < -0.39 is 18.6 Å². The van der Waals surface area contributed by atoms with E-state index in [1.54, 1.807) is 0 Å². The number of halogens is 4. The van der Waals surface area contributed by atoms with Gasteiger partial charge in [-0.25, -0.2) is 13.2 Å². The van der Waals surface area contributed by atoms with E-state index in [1.165, 1.54) is 18.2 Å². The van der Waals surface area contributed by atoms with Crippen LogP contribution in [0.5, 0.6) is 0 Å². The standard InChI is InChI=1S/C9H9ClF3N/c10-7-3-1-2-6(4-7)8(11)9(12,13)5-14/h1-4,8H,5,14H2. The van der Waals surface area contributed by atoms with E-state index in [-0.39, 0.29) is 10.6 Å². The van der Waals surface area contributed by atoms with Crippen LogP contribution < -0.4 is 5.73 Å². The molecule has 5 heteroatoms. The largest absolute Gasteiger partial charge is 0.325 e. The molecule has 1 unspecified atom stereocenters. The summed E-state index contributed by atoms with van der Waals surface area (Å²) in [5, 5.41) is 0.220. The highest BCUT2D eigenvalue weighted by molar-refractivity contribution is 6.30. The number of rotatable bonds is 3. The summed E-state index contributed by atoms with van der Waals surface area (Å²) in [6, 6.07) is 5.31. The molecule has 0 aliphatic heterocycles. The maximum Gasteiger partial charge on any atom is 0.294 e. The monoisotopic (exact) mass is 223 g/mol. The van der Waals surface area contributed by atoms with Crippen molar-refractivity contribution < 1.29 is 13.2 Å². The lowest BCUT2D eigenvalue weighted by Crippen LogP contribution is -2.32. The number of hydrogen-bond donors (Lipinski definition) is 1. The molecule has 1 aromatic rings. The minimum atomic E-state index is -3.55. The molecule has 0 fully saturated rings. The highest BCUT2D eigenvalue weighted by Gasteiger charge is 2.39. The van der Waals surface area contributed by atoms with E-state index in [0.717, 1.165) is 6.07 Å². The SMILES string of the molecule is NCC(F)(F)C(F)c1cccc(Cl)c1. The maximum absolute atomic E-state index is 13.2. The van der Waals surface area contributed by atoms with Crippen molar-refractivity contribution in [2.75, 3.05) is 6.54 Å². The van der Waals surface area contributed by atoms with Crippen LogP contribution in [0.3, 0.4) is 0 Å². The zero-order valence-electron chi connectivity index (χ0n) is 7.18. The fraction of sp³-hybridized carbons (Fsp3) is 0.333. The van der Waals surface area contributed by atoms with Crippen LogP contribution in [-0.4, -0.2) is 12.5 Å². The molecule has 0 radical (unpaired) electrons. The average Bonchev–Trinajstić information content (AvgIpc) is 2.16. The molecule has 0 amide bonds. The van der Waals surface area contributed by atoms with E-state index >= 15 is 0 Å². The normalized spacial score (nSPS) is 14.1. The Morgan fingerprint density at radius 2 is 2.07 bits per heavy atom. The molecule has 1 aromatic carbocycles. The maximum atomic E-state index is 13.2. The van der Waals surface area contributed by atoms with Crippen LogP contribution >= 0.6 is 11.6 Å². The second-order valence-electron chi connectivity index (χ2n) is 2.88. The molecular formula is C9H9ClF3N. The molecule has 1 rings (SSSR count). The third kappa shape index (κ3) is 2.39. The number of benzene rings is 1. The topological polar surface area (TPSA) is 26.0 Å². The second kappa shape index (κ2) is 4.19. The fourth-order valence-electron chi connectivity index (χ4n) is 1.01. The number of alkyl halides is 3. The van der Waals surface area contributed by atoms with E-state index in [0.29, 0.717) is 0 Å².